The van der Waals surface area contributed by atoms with Crippen LogP contribution in [0.2, 0.25) is 0 Å². The van der Waals surface area contributed by atoms with Crippen LogP contribution in [-0.4, -0.2) is 27.8 Å². The van der Waals surface area contributed by atoms with Crippen LogP contribution in [0.15, 0.2) is 61.1 Å². The van der Waals surface area contributed by atoms with E-state index in [1.165, 1.54) is 0 Å². The molecule has 22 heavy (non-hydrogen) atoms. The second-order valence-corrected chi connectivity index (χ2v) is 4.51. The van der Waals surface area contributed by atoms with Crippen molar-refractivity contribution in [3.63, 3.8) is 0 Å². The molecule has 0 bridgehead atoms. The summed E-state index contributed by atoms with van der Waals surface area (Å²) in [6.07, 6.45) is 5.00. The summed E-state index contributed by atoms with van der Waals surface area (Å²) in [6, 6.07) is 12.4. The predicted molar refractivity (Wildman–Crippen MR) is 82.3 cm³/mol. The van der Waals surface area contributed by atoms with Gasteiger partial charge in [-0.25, -0.2) is 9.67 Å². The summed E-state index contributed by atoms with van der Waals surface area (Å²) in [5, 5.41) is 6.95. The Morgan fingerprint density at radius 2 is 2.09 bits per heavy atom. The number of nitrogens with one attached hydrogen (secondary N) is 1. The van der Waals surface area contributed by atoms with Gasteiger partial charge in [0, 0.05) is 30.3 Å². The molecule has 0 spiro atoms. The number of hydrogen-bond donors (Lipinski definition) is 1. The number of nitrogens with zero attached hydrogens (tertiary/aromatic N) is 3. The Bertz CT molecular complexity index is 784. The Labute approximate surface area is 127 Å². The van der Waals surface area contributed by atoms with Crippen LogP contribution in [0.1, 0.15) is 10.4 Å². The minimum absolute atomic E-state index is 0.258. The van der Waals surface area contributed by atoms with Gasteiger partial charge in [0.05, 0.1) is 12.7 Å². The summed E-state index contributed by atoms with van der Waals surface area (Å²) in [5.74, 6) is 0.899. The Morgan fingerprint density at radius 1 is 1.18 bits per heavy atom. The molecule has 6 nitrogen and oxygen atoms in total. The highest BCUT2D eigenvalue weighted by atomic mass is 16.5. The lowest BCUT2D eigenvalue weighted by Crippen LogP contribution is -2.16. The number of rotatable bonds is 4. The summed E-state index contributed by atoms with van der Waals surface area (Å²) in [4.78, 5) is 16.7. The van der Waals surface area contributed by atoms with Crippen molar-refractivity contribution in [3.05, 3.63) is 66.6 Å². The van der Waals surface area contributed by atoms with Gasteiger partial charge >= 0.3 is 0 Å². The van der Waals surface area contributed by atoms with Crippen LogP contribution in [0, 0.1) is 0 Å². The number of ether oxygens (including phenoxy) is 1. The highest BCUT2D eigenvalue weighted by Gasteiger charge is 2.14. The Morgan fingerprint density at radius 3 is 2.86 bits per heavy atom. The lowest BCUT2D eigenvalue weighted by Gasteiger charge is -2.10. The van der Waals surface area contributed by atoms with E-state index in [9.17, 15) is 4.79 Å². The van der Waals surface area contributed by atoms with E-state index in [0.717, 1.165) is 0 Å². The van der Waals surface area contributed by atoms with Crippen molar-refractivity contribution in [1.29, 1.82) is 0 Å². The van der Waals surface area contributed by atoms with E-state index in [4.69, 9.17) is 4.74 Å². The first kappa shape index (κ1) is 13.8. The van der Waals surface area contributed by atoms with Crippen LogP contribution in [-0.2, 0) is 0 Å². The maximum Gasteiger partial charge on any atom is 0.259 e. The Hall–Kier alpha value is -3.15. The second-order valence-electron chi connectivity index (χ2n) is 4.51. The first-order valence-corrected chi connectivity index (χ1v) is 6.68. The summed E-state index contributed by atoms with van der Waals surface area (Å²) >= 11 is 0. The molecule has 0 saturated carbocycles. The van der Waals surface area contributed by atoms with Crippen LogP contribution in [0.5, 0.6) is 5.75 Å². The van der Waals surface area contributed by atoms with Crippen molar-refractivity contribution in [2.75, 3.05) is 12.4 Å². The molecule has 1 aromatic carbocycles. The molecule has 2 aromatic heterocycles. The topological polar surface area (TPSA) is 69.0 Å². The van der Waals surface area contributed by atoms with Crippen LogP contribution >= 0.6 is 0 Å². The number of hydrogen-bond acceptors (Lipinski definition) is 4. The number of amides is 1. The van der Waals surface area contributed by atoms with Crippen LogP contribution < -0.4 is 10.1 Å². The molecular formula is C16H14N4O2. The first-order valence-electron chi connectivity index (χ1n) is 6.68. The number of benzene rings is 1. The zero-order valence-corrected chi connectivity index (χ0v) is 11.9. The monoisotopic (exact) mass is 294 g/mol. The number of anilines is 1. The van der Waals surface area contributed by atoms with Crippen LogP contribution in [0.25, 0.3) is 5.82 Å². The number of carbonyl (C=O) groups is 1. The molecule has 1 amide bonds. The number of pyridine rings is 1. The highest BCUT2D eigenvalue weighted by Crippen LogP contribution is 2.18. The van der Waals surface area contributed by atoms with Crippen molar-refractivity contribution < 1.29 is 9.53 Å². The molecule has 0 fully saturated rings. The van der Waals surface area contributed by atoms with Gasteiger partial charge in [-0.15, -0.1) is 0 Å². The summed E-state index contributed by atoms with van der Waals surface area (Å²) in [6.45, 7) is 0. The van der Waals surface area contributed by atoms with Gasteiger partial charge < -0.3 is 10.1 Å². The van der Waals surface area contributed by atoms with Gasteiger partial charge in [-0.1, -0.05) is 6.07 Å². The van der Waals surface area contributed by atoms with Crippen molar-refractivity contribution in [1.82, 2.24) is 14.8 Å². The van der Waals surface area contributed by atoms with Crippen molar-refractivity contribution in [2.45, 2.75) is 0 Å². The number of methoxy groups -OCH3 is 1. The van der Waals surface area contributed by atoms with Gasteiger partial charge in [0.15, 0.2) is 5.82 Å². The van der Waals surface area contributed by atoms with E-state index in [2.05, 4.69) is 15.4 Å². The fourth-order valence-corrected chi connectivity index (χ4v) is 2.05. The smallest absolute Gasteiger partial charge is 0.259 e. The minimum Gasteiger partial charge on any atom is -0.497 e. The van der Waals surface area contributed by atoms with Gasteiger partial charge in [-0.2, -0.15) is 5.10 Å². The van der Waals surface area contributed by atoms with E-state index >= 15 is 0 Å². The molecule has 0 radical (unpaired) electrons. The molecule has 2 heterocycles. The SMILES string of the molecule is COc1cccc(NC(=O)c2cccnc2-n2cccn2)c1. The third-order valence-corrected chi connectivity index (χ3v) is 3.08. The normalized spacial score (nSPS) is 10.2. The van der Waals surface area contributed by atoms with E-state index in [0.29, 0.717) is 22.8 Å². The molecule has 0 aliphatic heterocycles. The van der Waals surface area contributed by atoms with Gasteiger partial charge in [0.25, 0.3) is 5.91 Å². The minimum atomic E-state index is -0.258. The molecular weight excluding hydrogens is 280 g/mol. The van der Waals surface area contributed by atoms with Crippen LogP contribution in [0.4, 0.5) is 5.69 Å². The average Bonchev–Trinajstić information content (AvgIpc) is 3.09. The summed E-state index contributed by atoms with van der Waals surface area (Å²) in [7, 11) is 1.58. The molecule has 0 unspecified atom stereocenters. The van der Waals surface area contributed by atoms with E-state index in [-0.39, 0.29) is 5.91 Å². The number of carbonyl (C=O) groups excluding carboxylic acids is 1. The fraction of sp³-hybridized carbons (Fsp3) is 0.0625. The summed E-state index contributed by atoms with van der Waals surface area (Å²) in [5.41, 5.74) is 1.09. The molecule has 3 aromatic rings. The Kier molecular flexibility index (Phi) is 3.82. The molecule has 0 aliphatic carbocycles. The quantitative estimate of drug-likeness (QED) is 0.802. The van der Waals surface area contributed by atoms with E-state index in [1.54, 1.807) is 60.7 Å². The fourth-order valence-electron chi connectivity index (χ4n) is 2.05. The maximum atomic E-state index is 12.5. The van der Waals surface area contributed by atoms with Crippen molar-refractivity contribution >= 4 is 11.6 Å². The molecule has 0 saturated heterocycles. The average molecular weight is 294 g/mol. The lowest BCUT2D eigenvalue weighted by atomic mass is 10.2. The highest BCUT2D eigenvalue weighted by molar-refractivity contribution is 6.06. The molecule has 3 rings (SSSR count). The zero-order valence-electron chi connectivity index (χ0n) is 11.9. The molecule has 6 heteroatoms. The van der Waals surface area contributed by atoms with Gasteiger partial charge in [0.2, 0.25) is 0 Å². The molecule has 1 N–H and O–H groups in total. The Balaban J connectivity index is 1.89. The maximum absolute atomic E-state index is 12.5. The van der Waals surface area contributed by atoms with Crippen molar-refractivity contribution in [3.8, 4) is 11.6 Å². The third-order valence-electron chi connectivity index (χ3n) is 3.08. The van der Waals surface area contributed by atoms with Crippen LogP contribution in [0.3, 0.4) is 0 Å². The molecule has 0 atom stereocenters. The van der Waals surface area contributed by atoms with E-state index < -0.39 is 0 Å². The molecule has 0 aliphatic rings. The largest absolute Gasteiger partial charge is 0.497 e. The zero-order chi connectivity index (χ0) is 15.4. The third kappa shape index (κ3) is 2.80. The predicted octanol–water partition coefficient (Wildman–Crippen LogP) is 2.53. The number of aromatic nitrogens is 3. The lowest BCUT2D eigenvalue weighted by molar-refractivity contribution is 0.102. The summed E-state index contributed by atoms with van der Waals surface area (Å²) < 4.78 is 6.70. The van der Waals surface area contributed by atoms with Gasteiger partial charge in [-0.05, 0) is 30.3 Å². The standard InChI is InChI=1S/C16H14N4O2/c1-22-13-6-2-5-12(11-13)19-16(21)14-7-3-8-17-15(14)20-10-4-9-18-20/h2-11H,1H3,(H,19,21). The van der Waals surface area contributed by atoms with Crippen molar-refractivity contribution in [2.24, 2.45) is 0 Å². The first-order chi connectivity index (χ1) is 10.8. The van der Waals surface area contributed by atoms with Gasteiger partial charge in [0.1, 0.15) is 5.75 Å². The van der Waals surface area contributed by atoms with Gasteiger partial charge in [-0.3, -0.25) is 4.79 Å². The van der Waals surface area contributed by atoms with E-state index in [1.807, 2.05) is 12.1 Å². The second kappa shape index (κ2) is 6.09. The molecule has 110 valence electrons.